The zero-order valence-corrected chi connectivity index (χ0v) is 15.8. The van der Waals surface area contributed by atoms with Gasteiger partial charge in [0.25, 0.3) is 0 Å². The molecule has 0 fully saturated rings. The number of methoxy groups -OCH3 is 1. The highest BCUT2D eigenvalue weighted by Crippen LogP contribution is 2.23. The van der Waals surface area contributed by atoms with Crippen LogP contribution in [0.3, 0.4) is 0 Å². The Hall–Kier alpha value is -2.64. The van der Waals surface area contributed by atoms with Gasteiger partial charge in [-0.1, -0.05) is 30.7 Å². The number of carbonyl (C=O) groups is 2. The fourth-order valence-corrected chi connectivity index (χ4v) is 2.56. The molecule has 0 aliphatic rings. The van der Waals surface area contributed by atoms with E-state index in [4.69, 9.17) is 16.3 Å². The first kappa shape index (κ1) is 20.7. The second-order valence-corrected chi connectivity index (χ2v) is 6.16. The molecule has 2 rings (SSSR count). The molecule has 2 aromatic carbocycles. The molecule has 8 heteroatoms. The molecule has 0 saturated carbocycles. The van der Waals surface area contributed by atoms with Crippen molar-refractivity contribution in [2.24, 2.45) is 0 Å². The molecule has 0 spiro atoms. The molecule has 0 heterocycles. The minimum absolute atomic E-state index is 0.00503. The highest BCUT2D eigenvalue weighted by molar-refractivity contribution is 6.30. The molecule has 0 unspecified atom stereocenters. The van der Waals surface area contributed by atoms with Crippen molar-refractivity contribution < 1.29 is 18.7 Å². The quantitative estimate of drug-likeness (QED) is 0.721. The minimum Gasteiger partial charge on any atom is -0.495 e. The van der Waals surface area contributed by atoms with Gasteiger partial charge in [-0.15, -0.1) is 0 Å². The lowest BCUT2D eigenvalue weighted by Gasteiger charge is -2.20. The van der Waals surface area contributed by atoms with Gasteiger partial charge in [-0.2, -0.15) is 0 Å². The number of hydrogen-bond donors (Lipinski definition) is 2. The van der Waals surface area contributed by atoms with Crippen LogP contribution in [-0.2, 0) is 9.59 Å². The first-order valence-corrected chi connectivity index (χ1v) is 8.70. The van der Waals surface area contributed by atoms with Gasteiger partial charge < -0.3 is 15.4 Å². The highest BCUT2D eigenvalue weighted by atomic mass is 35.5. The lowest BCUT2D eigenvalue weighted by Crippen LogP contribution is -2.38. The molecule has 0 atom stereocenters. The Morgan fingerprint density at radius 1 is 1.07 bits per heavy atom. The third kappa shape index (κ3) is 6.23. The first-order valence-electron chi connectivity index (χ1n) is 8.33. The SMILES string of the molecule is CCN(CC(=O)Nc1ccc(Cl)cc1F)CC(=O)Nc1ccccc1OC. The molecule has 2 N–H and O–H groups in total. The Balaban J connectivity index is 1.92. The molecule has 27 heavy (non-hydrogen) atoms. The lowest BCUT2D eigenvalue weighted by atomic mass is 10.3. The number of halogens is 2. The standard InChI is InChI=1S/C19H21ClFN3O3/c1-3-24(11-18(25)22-15-9-8-13(20)10-14(15)21)12-19(26)23-16-6-4-5-7-17(16)27-2/h4-10H,3,11-12H2,1-2H3,(H,22,25)(H,23,26). The summed E-state index contributed by atoms with van der Waals surface area (Å²) in [7, 11) is 1.52. The van der Waals surface area contributed by atoms with E-state index in [2.05, 4.69) is 10.6 Å². The average molecular weight is 394 g/mol. The second-order valence-electron chi connectivity index (χ2n) is 5.72. The predicted octanol–water partition coefficient (Wildman–Crippen LogP) is 3.39. The predicted molar refractivity (Wildman–Crippen MR) is 104 cm³/mol. The summed E-state index contributed by atoms with van der Waals surface area (Å²) in [5.74, 6) is -0.785. The van der Waals surface area contributed by atoms with Crippen molar-refractivity contribution in [3.05, 3.63) is 53.3 Å². The number of ether oxygens (including phenoxy) is 1. The number of nitrogens with one attached hydrogen (secondary N) is 2. The third-order valence-electron chi connectivity index (χ3n) is 3.77. The normalized spacial score (nSPS) is 10.6. The van der Waals surface area contributed by atoms with Gasteiger partial charge in [0.15, 0.2) is 0 Å². The Kier molecular flexibility index (Phi) is 7.57. The van der Waals surface area contributed by atoms with Gasteiger partial charge in [-0.3, -0.25) is 14.5 Å². The zero-order valence-electron chi connectivity index (χ0n) is 15.1. The number of anilines is 2. The average Bonchev–Trinajstić information content (AvgIpc) is 2.64. The van der Waals surface area contributed by atoms with Crippen LogP contribution in [0, 0.1) is 5.82 Å². The third-order valence-corrected chi connectivity index (χ3v) is 4.00. The summed E-state index contributed by atoms with van der Waals surface area (Å²) in [4.78, 5) is 26.1. The number of carbonyl (C=O) groups excluding carboxylic acids is 2. The Labute approximate surface area is 162 Å². The molecular formula is C19H21ClFN3O3. The van der Waals surface area contributed by atoms with Gasteiger partial charge in [0.2, 0.25) is 11.8 Å². The van der Waals surface area contributed by atoms with Crippen molar-refractivity contribution in [3.8, 4) is 5.75 Å². The molecule has 2 aromatic rings. The summed E-state index contributed by atoms with van der Waals surface area (Å²) < 4.78 is 19.0. The molecule has 2 amide bonds. The van der Waals surface area contributed by atoms with Crippen LogP contribution in [0.25, 0.3) is 0 Å². The fraction of sp³-hybridized carbons (Fsp3) is 0.263. The summed E-state index contributed by atoms with van der Waals surface area (Å²) >= 11 is 5.69. The Morgan fingerprint density at radius 2 is 1.70 bits per heavy atom. The van der Waals surface area contributed by atoms with Crippen molar-refractivity contribution in [2.75, 3.05) is 37.4 Å². The molecule has 0 saturated heterocycles. The van der Waals surface area contributed by atoms with Gasteiger partial charge in [-0.05, 0) is 36.9 Å². The Bertz CT molecular complexity index is 817. The molecule has 144 valence electrons. The van der Waals surface area contributed by atoms with Crippen LogP contribution < -0.4 is 15.4 Å². The van der Waals surface area contributed by atoms with Crippen LogP contribution in [0.1, 0.15) is 6.92 Å². The van der Waals surface area contributed by atoms with E-state index in [-0.39, 0.29) is 29.7 Å². The number of benzene rings is 2. The van der Waals surface area contributed by atoms with Crippen molar-refractivity contribution in [3.63, 3.8) is 0 Å². The number of amides is 2. The monoisotopic (exact) mass is 393 g/mol. The summed E-state index contributed by atoms with van der Waals surface area (Å²) in [6, 6.07) is 11.0. The number of para-hydroxylation sites is 2. The van der Waals surface area contributed by atoms with Crippen LogP contribution in [-0.4, -0.2) is 43.5 Å². The van der Waals surface area contributed by atoms with Crippen LogP contribution in [0.4, 0.5) is 15.8 Å². The maximum absolute atomic E-state index is 13.8. The summed E-state index contributed by atoms with van der Waals surface area (Å²) in [6.07, 6.45) is 0. The Morgan fingerprint density at radius 3 is 2.30 bits per heavy atom. The fourth-order valence-electron chi connectivity index (χ4n) is 2.40. The second kappa shape index (κ2) is 9.89. The summed E-state index contributed by atoms with van der Waals surface area (Å²) in [6.45, 7) is 2.24. The lowest BCUT2D eigenvalue weighted by molar-refractivity contribution is -0.119. The molecule has 0 radical (unpaired) electrons. The number of rotatable bonds is 8. The van der Waals surface area contributed by atoms with Crippen LogP contribution >= 0.6 is 11.6 Å². The van der Waals surface area contributed by atoms with Gasteiger partial charge >= 0.3 is 0 Å². The molecule has 6 nitrogen and oxygen atoms in total. The molecule has 0 bridgehead atoms. The number of nitrogens with zero attached hydrogens (tertiary/aromatic N) is 1. The summed E-state index contributed by atoms with van der Waals surface area (Å²) in [5, 5.41) is 5.47. The van der Waals surface area contributed by atoms with E-state index >= 15 is 0 Å². The van der Waals surface area contributed by atoms with Gasteiger partial charge in [0, 0.05) is 5.02 Å². The van der Waals surface area contributed by atoms with E-state index in [1.165, 1.54) is 19.2 Å². The molecule has 0 aliphatic heterocycles. The smallest absolute Gasteiger partial charge is 0.238 e. The van der Waals surface area contributed by atoms with Crippen LogP contribution in [0.5, 0.6) is 5.75 Å². The number of hydrogen-bond acceptors (Lipinski definition) is 4. The van der Waals surface area contributed by atoms with Gasteiger partial charge in [0.05, 0.1) is 31.6 Å². The summed E-state index contributed by atoms with van der Waals surface area (Å²) in [5.41, 5.74) is 0.590. The van der Waals surface area contributed by atoms with E-state index < -0.39 is 11.7 Å². The van der Waals surface area contributed by atoms with Gasteiger partial charge in [-0.25, -0.2) is 4.39 Å². The maximum atomic E-state index is 13.8. The topological polar surface area (TPSA) is 70.7 Å². The van der Waals surface area contributed by atoms with Crippen LogP contribution in [0.2, 0.25) is 5.02 Å². The van der Waals surface area contributed by atoms with Gasteiger partial charge in [0.1, 0.15) is 11.6 Å². The van der Waals surface area contributed by atoms with E-state index in [0.717, 1.165) is 6.07 Å². The zero-order chi connectivity index (χ0) is 19.8. The van der Waals surface area contributed by atoms with Crippen molar-refractivity contribution in [2.45, 2.75) is 6.92 Å². The minimum atomic E-state index is -0.618. The highest BCUT2D eigenvalue weighted by Gasteiger charge is 2.15. The molecule has 0 aromatic heterocycles. The largest absolute Gasteiger partial charge is 0.495 e. The van der Waals surface area contributed by atoms with E-state index in [9.17, 15) is 14.0 Å². The number of likely N-dealkylation sites (N-methyl/N-ethyl adjacent to an activating group) is 1. The molecule has 0 aliphatic carbocycles. The van der Waals surface area contributed by atoms with Crippen molar-refractivity contribution >= 4 is 34.8 Å². The molecular weight excluding hydrogens is 373 g/mol. The van der Waals surface area contributed by atoms with Crippen LogP contribution in [0.15, 0.2) is 42.5 Å². The van der Waals surface area contributed by atoms with E-state index in [1.54, 1.807) is 29.2 Å². The van der Waals surface area contributed by atoms with E-state index in [1.807, 2.05) is 6.92 Å². The van der Waals surface area contributed by atoms with Crippen molar-refractivity contribution in [1.29, 1.82) is 0 Å². The first-order chi connectivity index (χ1) is 12.9. The maximum Gasteiger partial charge on any atom is 0.238 e. The van der Waals surface area contributed by atoms with Crippen molar-refractivity contribution in [1.82, 2.24) is 4.90 Å². The van der Waals surface area contributed by atoms with E-state index in [0.29, 0.717) is 18.0 Å².